The number of nitrogens with zero attached hydrogens (tertiary/aromatic N) is 2. The first kappa shape index (κ1) is 16.6. The molecule has 0 aliphatic carbocycles. The van der Waals surface area contributed by atoms with Gasteiger partial charge in [-0.3, -0.25) is 4.90 Å². The maximum Gasteiger partial charge on any atom is 0.123 e. The summed E-state index contributed by atoms with van der Waals surface area (Å²) in [5.74, 6) is 0.292. The van der Waals surface area contributed by atoms with Crippen molar-refractivity contribution < 1.29 is 4.39 Å². The van der Waals surface area contributed by atoms with Crippen LogP contribution in [0.1, 0.15) is 17.9 Å². The van der Waals surface area contributed by atoms with Crippen LogP contribution in [0.25, 0.3) is 10.9 Å². The van der Waals surface area contributed by atoms with Gasteiger partial charge in [-0.2, -0.15) is 0 Å². The van der Waals surface area contributed by atoms with Crippen molar-refractivity contribution in [1.82, 2.24) is 9.88 Å². The Hall–Kier alpha value is -2.53. The lowest BCUT2D eigenvalue weighted by molar-refractivity contribution is 0.250. The maximum atomic E-state index is 13.6. The fourth-order valence-corrected chi connectivity index (χ4v) is 4.44. The van der Waals surface area contributed by atoms with Crippen molar-refractivity contribution in [2.45, 2.75) is 12.3 Å². The van der Waals surface area contributed by atoms with Gasteiger partial charge < -0.3 is 15.2 Å². The van der Waals surface area contributed by atoms with E-state index in [1.54, 1.807) is 6.07 Å². The molecule has 2 aromatic carbocycles. The summed E-state index contributed by atoms with van der Waals surface area (Å²) in [7, 11) is 0. The largest absolute Gasteiger partial charge is 0.384 e. The summed E-state index contributed by atoms with van der Waals surface area (Å²) in [6, 6.07) is 13.9. The molecule has 1 fully saturated rings. The molecule has 5 heteroatoms. The van der Waals surface area contributed by atoms with Crippen LogP contribution in [0.4, 0.5) is 15.8 Å². The summed E-state index contributed by atoms with van der Waals surface area (Å²) in [5, 5.41) is 4.68. The van der Waals surface area contributed by atoms with E-state index in [0.29, 0.717) is 5.92 Å². The number of hydrogen-bond acceptors (Lipinski definition) is 3. The normalized spacial score (nSPS) is 20.0. The van der Waals surface area contributed by atoms with Crippen LogP contribution >= 0.6 is 0 Å². The lowest BCUT2D eigenvalue weighted by atomic mass is 9.97. The molecule has 1 unspecified atom stereocenters. The molecule has 3 heterocycles. The molecule has 0 saturated carbocycles. The number of piperazine rings is 1. The highest BCUT2D eigenvalue weighted by Gasteiger charge is 2.24. The summed E-state index contributed by atoms with van der Waals surface area (Å²) < 4.78 is 13.6. The smallest absolute Gasteiger partial charge is 0.123 e. The van der Waals surface area contributed by atoms with Gasteiger partial charge in [0.2, 0.25) is 0 Å². The average molecular weight is 364 g/mol. The van der Waals surface area contributed by atoms with Crippen LogP contribution in [0.3, 0.4) is 0 Å². The summed E-state index contributed by atoms with van der Waals surface area (Å²) >= 11 is 0. The molecule has 1 atom stereocenters. The number of nitrogens with one attached hydrogen (secondary N) is 2. The summed E-state index contributed by atoms with van der Waals surface area (Å²) in [4.78, 5) is 8.28. The number of hydrogen-bond donors (Lipinski definition) is 2. The Balaban J connectivity index is 1.17. The minimum Gasteiger partial charge on any atom is -0.384 e. The van der Waals surface area contributed by atoms with Gasteiger partial charge in [0.15, 0.2) is 0 Å². The minimum absolute atomic E-state index is 0.129. The molecular weight excluding hydrogens is 339 g/mol. The van der Waals surface area contributed by atoms with Gasteiger partial charge in [0.1, 0.15) is 5.82 Å². The molecule has 2 aliphatic heterocycles. The Morgan fingerprint density at radius 2 is 1.89 bits per heavy atom. The second kappa shape index (κ2) is 6.89. The Morgan fingerprint density at radius 1 is 1.00 bits per heavy atom. The topological polar surface area (TPSA) is 34.3 Å². The van der Waals surface area contributed by atoms with E-state index in [-0.39, 0.29) is 5.82 Å². The van der Waals surface area contributed by atoms with Crippen LogP contribution in [-0.4, -0.2) is 49.2 Å². The second-order valence-corrected chi connectivity index (χ2v) is 7.68. The summed E-state index contributed by atoms with van der Waals surface area (Å²) in [6.07, 6.45) is 3.08. The highest BCUT2D eigenvalue weighted by molar-refractivity contribution is 5.83. The molecule has 4 nitrogen and oxygen atoms in total. The second-order valence-electron chi connectivity index (χ2n) is 7.68. The zero-order chi connectivity index (χ0) is 18.2. The van der Waals surface area contributed by atoms with E-state index >= 15 is 0 Å². The van der Waals surface area contributed by atoms with Crippen LogP contribution in [0.15, 0.2) is 48.7 Å². The Morgan fingerprint density at radius 3 is 2.78 bits per heavy atom. The third-order valence-corrected chi connectivity index (χ3v) is 6.06. The summed E-state index contributed by atoms with van der Waals surface area (Å²) in [6.45, 7) is 6.29. The van der Waals surface area contributed by atoms with E-state index in [4.69, 9.17) is 0 Å². The molecule has 140 valence electrons. The monoisotopic (exact) mass is 364 g/mol. The molecule has 3 aromatic rings. The van der Waals surface area contributed by atoms with E-state index in [1.165, 1.54) is 22.7 Å². The maximum absolute atomic E-state index is 13.6. The molecule has 0 radical (unpaired) electrons. The molecular formula is C22H25FN4. The molecule has 5 rings (SSSR count). The SMILES string of the molecule is Fc1ccc2c(c1)C(CCN1CCN(c3ccc4[nH]ccc4c3)CC1)CN2. The Labute approximate surface area is 159 Å². The first-order valence-electron chi connectivity index (χ1n) is 9.84. The predicted molar refractivity (Wildman–Crippen MR) is 109 cm³/mol. The van der Waals surface area contributed by atoms with Gasteiger partial charge in [0.05, 0.1) is 0 Å². The lowest BCUT2D eigenvalue weighted by Gasteiger charge is -2.36. The number of fused-ring (bicyclic) bond motifs is 2. The molecule has 2 aliphatic rings. The molecule has 1 aromatic heterocycles. The number of aromatic nitrogens is 1. The van der Waals surface area contributed by atoms with E-state index in [1.807, 2.05) is 12.3 Å². The zero-order valence-electron chi connectivity index (χ0n) is 15.4. The Bertz CT molecular complexity index is 942. The lowest BCUT2D eigenvalue weighted by Crippen LogP contribution is -2.46. The fourth-order valence-electron chi connectivity index (χ4n) is 4.44. The molecule has 1 saturated heterocycles. The van der Waals surface area contributed by atoms with Crippen molar-refractivity contribution >= 4 is 22.3 Å². The highest BCUT2D eigenvalue weighted by Crippen LogP contribution is 2.34. The van der Waals surface area contributed by atoms with E-state index in [2.05, 4.69) is 44.4 Å². The van der Waals surface area contributed by atoms with Crippen LogP contribution in [0.5, 0.6) is 0 Å². The van der Waals surface area contributed by atoms with Crippen LogP contribution in [0.2, 0.25) is 0 Å². The number of aromatic amines is 1. The first-order valence-corrected chi connectivity index (χ1v) is 9.84. The van der Waals surface area contributed by atoms with E-state index < -0.39 is 0 Å². The zero-order valence-corrected chi connectivity index (χ0v) is 15.4. The number of H-pyrrole nitrogens is 1. The van der Waals surface area contributed by atoms with Gasteiger partial charge in [-0.1, -0.05) is 0 Å². The number of halogens is 1. The van der Waals surface area contributed by atoms with Crippen molar-refractivity contribution in [3.8, 4) is 0 Å². The molecule has 27 heavy (non-hydrogen) atoms. The van der Waals surface area contributed by atoms with Crippen LogP contribution in [-0.2, 0) is 0 Å². The van der Waals surface area contributed by atoms with Crippen molar-refractivity contribution in [3.05, 3.63) is 60.0 Å². The minimum atomic E-state index is -0.129. The summed E-state index contributed by atoms with van der Waals surface area (Å²) in [5.41, 5.74) is 4.75. The van der Waals surface area contributed by atoms with Gasteiger partial charge in [0.25, 0.3) is 0 Å². The van der Waals surface area contributed by atoms with Crippen molar-refractivity contribution in [3.63, 3.8) is 0 Å². The predicted octanol–water partition coefficient (Wildman–Crippen LogP) is 4.03. The quantitative estimate of drug-likeness (QED) is 0.734. The molecule has 0 amide bonds. The van der Waals surface area contributed by atoms with Crippen LogP contribution < -0.4 is 10.2 Å². The molecule has 2 N–H and O–H groups in total. The number of anilines is 2. The van der Waals surface area contributed by atoms with Gasteiger partial charge in [-0.05, 0) is 61.0 Å². The van der Waals surface area contributed by atoms with Gasteiger partial charge in [-0.15, -0.1) is 0 Å². The van der Waals surface area contributed by atoms with Crippen molar-refractivity contribution in [2.24, 2.45) is 0 Å². The third-order valence-electron chi connectivity index (χ3n) is 6.06. The fraction of sp³-hybridized carbons (Fsp3) is 0.364. The van der Waals surface area contributed by atoms with Crippen LogP contribution in [0, 0.1) is 5.82 Å². The van der Waals surface area contributed by atoms with E-state index in [9.17, 15) is 4.39 Å². The average Bonchev–Trinajstić information content (AvgIpc) is 3.32. The van der Waals surface area contributed by atoms with Crippen molar-refractivity contribution in [1.29, 1.82) is 0 Å². The van der Waals surface area contributed by atoms with E-state index in [0.717, 1.165) is 56.9 Å². The standard InChI is InChI=1S/C22H25FN4/c23-18-1-3-22-20(14-18)17(15-25-22)6-8-26-9-11-27(12-10-26)19-2-4-21-16(13-19)5-7-24-21/h1-5,7,13-14,17,24-25H,6,8-12,15H2. The first-order chi connectivity index (χ1) is 13.3. The van der Waals surface area contributed by atoms with Gasteiger partial charge >= 0.3 is 0 Å². The highest BCUT2D eigenvalue weighted by atomic mass is 19.1. The van der Waals surface area contributed by atoms with Crippen molar-refractivity contribution in [2.75, 3.05) is 49.5 Å². The van der Waals surface area contributed by atoms with Gasteiger partial charge in [0, 0.05) is 67.1 Å². The Kier molecular flexibility index (Phi) is 4.24. The van der Waals surface area contributed by atoms with Gasteiger partial charge in [-0.25, -0.2) is 4.39 Å². The number of benzene rings is 2. The number of rotatable bonds is 4. The molecule has 0 bridgehead atoms. The third kappa shape index (κ3) is 3.28. The molecule has 0 spiro atoms.